The molecule has 7 heteroatoms. The van der Waals surface area contributed by atoms with Crippen molar-refractivity contribution in [1.82, 2.24) is 10.2 Å². The lowest BCUT2D eigenvalue weighted by Gasteiger charge is -2.28. The van der Waals surface area contributed by atoms with Crippen molar-refractivity contribution in [3.05, 3.63) is 76.6 Å². The van der Waals surface area contributed by atoms with E-state index in [1.54, 1.807) is 12.1 Å². The third kappa shape index (κ3) is 3.50. The van der Waals surface area contributed by atoms with Crippen molar-refractivity contribution in [2.24, 2.45) is 0 Å². The normalized spacial score (nSPS) is 15.4. The smallest absolute Gasteiger partial charge is 0.254 e. The zero-order chi connectivity index (χ0) is 21.3. The number of ether oxygens (including phenoxy) is 1. The van der Waals surface area contributed by atoms with Gasteiger partial charge < -0.3 is 20.5 Å². The molecule has 154 valence electrons. The number of aromatic hydroxyl groups is 1. The molecular formula is C23H24N4O3. The molecule has 3 aromatic rings. The number of nitrogens with one attached hydrogen (secondary N) is 3. The lowest BCUT2D eigenvalue weighted by molar-refractivity contribution is -0.113. The number of aryl methyl sites for hydroxylation is 1. The molecule has 7 nitrogen and oxygen atoms in total. The lowest BCUT2D eigenvalue weighted by atomic mass is 9.81. The van der Waals surface area contributed by atoms with Gasteiger partial charge in [0, 0.05) is 34.1 Å². The summed E-state index contributed by atoms with van der Waals surface area (Å²) in [6, 6.07) is 14.5. The first-order valence-electron chi connectivity index (χ1n) is 9.84. The number of carbonyl (C=O) groups is 1. The highest BCUT2D eigenvalue weighted by atomic mass is 16.5. The molecule has 0 saturated heterocycles. The number of aromatic amines is 1. The Labute approximate surface area is 174 Å². The average Bonchev–Trinajstić information content (AvgIpc) is 3.09. The summed E-state index contributed by atoms with van der Waals surface area (Å²) in [5.74, 6) is 0.570. The molecule has 1 aliphatic heterocycles. The minimum absolute atomic E-state index is 0.0645. The van der Waals surface area contributed by atoms with Crippen LogP contribution in [0.3, 0.4) is 0 Å². The Morgan fingerprint density at radius 3 is 2.70 bits per heavy atom. The summed E-state index contributed by atoms with van der Waals surface area (Å²) in [5, 5.41) is 23.7. The van der Waals surface area contributed by atoms with Crippen molar-refractivity contribution in [2.75, 3.05) is 17.2 Å². The van der Waals surface area contributed by atoms with Crippen LogP contribution in [0.15, 0.2) is 59.8 Å². The van der Waals surface area contributed by atoms with Crippen LogP contribution >= 0.6 is 0 Å². The van der Waals surface area contributed by atoms with E-state index >= 15 is 0 Å². The zero-order valence-corrected chi connectivity index (χ0v) is 17.1. The summed E-state index contributed by atoms with van der Waals surface area (Å²) in [5.41, 5.74) is 4.62. The summed E-state index contributed by atoms with van der Waals surface area (Å²) in [4.78, 5) is 13.4. The number of hydrogen-bond acceptors (Lipinski definition) is 5. The Hall–Kier alpha value is -3.74. The largest absolute Gasteiger partial charge is 0.504 e. The molecule has 4 rings (SSSR count). The molecule has 0 spiro atoms. The number of rotatable bonds is 5. The highest BCUT2D eigenvalue weighted by Crippen LogP contribution is 2.44. The van der Waals surface area contributed by atoms with Crippen molar-refractivity contribution < 1.29 is 14.6 Å². The number of carbonyl (C=O) groups excluding carboxylic acids is 1. The van der Waals surface area contributed by atoms with E-state index in [2.05, 4.69) is 20.8 Å². The molecule has 2 heterocycles. The molecule has 0 unspecified atom stereocenters. The molecule has 4 N–H and O–H groups in total. The van der Waals surface area contributed by atoms with Gasteiger partial charge in [0.2, 0.25) is 0 Å². The SMILES string of the molecule is CCOc1cc([C@H]2C(C(=O)Nc3ccccc3)=C(C)Nc3n[nH]c(C)c32)ccc1O. The molecule has 0 bridgehead atoms. The molecule has 0 fully saturated rings. The molecule has 0 aliphatic carbocycles. The Kier molecular flexibility index (Phi) is 5.18. The van der Waals surface area contributed by atoms with E-state index in [4.69, 9.17) is 4.74 Å². The van der Waals surface area contributed by atoms with E-state index in [-0.39, 0.29) is 17.6 Å². The molecule has 1 amide bonds. The molecule has 2 aromatic carbocycles. The molecule has 0 radical (unpaired) electrons. The van der Waals surface area contributed by atoms with Crippen molar-refractivity contribution in [1.29, 1.82) is 0 Å². The Balaban J connectivity index is 1.82. The van der Waals surface area contributed by atoms with Gasteiger partial charge in [-0.05, 0) is 50.6 Å². The highest BCUT2D eigenvalue weighted by Gasteiger charge is 2.35. The molecular weight excluding hydrogens is 380 g/mol. The Morgan fingerprint density at radius 1 is 1.20 bits per heavy atom. The van der Waals surface area contributed by atoms with Gasteiger partial charge in [-0.25, -0.2) is 0 Å². The maximum atomic E-state index is 13.4. The third-order valence-corrected chi connectivity index (χ3v) is 5.18. The number of amides is 1. The second kappa shape index (κ2) is 7.94. The van der Waals surface area contributed by atoms with E-state index in [0.717, 1.165) is 28.2 Å². The van der Waals surface area contributed by atoms with Gasteiger partial charge in [-0.2, -0.15) is 5.10 Å². The van der Waals surface area contributed by atoms with Gasteiger partial charge in [-0.1, -0.05) is 24.3 Å². The maximum Gasteiger partial charge on any atom is 0.254 e. The van der Waals surface area contributed by atoms with Crippen LogP contribution in [0.5, 0.6) is 11.5 Å². The molecule has 30 heavy (non-hydrogen) atoms. The number of para-hydroxylation sites is 1. The highest BCUT2D eigenvalue weighted by molar-refractivity contribution is 6.07. The first kappa shape index (κ1) is 19.6. The van der Waals surface area contributed by atoms with E-state index in [9.17, 15) is 9.90 Å². The van der Waals surface area contributed by atoms with Gasteiger partial charge in [0.25, 0.3) is 5.91 Å². The summed E-state index contributed by atoms with van der Waals surface area (Å²) >= 11 is 0. The third-order valence-electron chi connectivity index (χ3n) is 5.18. The predicted octanol–water partition coefficient (Wildman–Crippen LogP) is 4.29. The number of phenolic OH excluding ortho intramolecular Hbond substituents is 1. The van der Waals surface area contributed by atoms with Crippen LogP contribution in [0.2, 0.25) is 0 Å². The minimum Gasteiger partial charge on any atom is -0.504 e. The number of aromatic nitrogens is 2. The summed E-state index contributed by atoms with van der Waals surface area (Å²) in [6.07, 6.45) is 0. The monoisotopic (exact) mass is 404 g/mol. The van der Waals surface area contributed by atoms with E-state index in [1.807, 2.05) is 57.2 Å². The number of fused-ring (bicyclic) bond motifs is 1. The number of benzene rings is 2. The lowest BCUT2D eigenvalue weighted by Crippen LogP contribution is -2.27. The van der Waals surface area contributed by atoms with E-state index < -0.39 is 0 Å². The van der Waals surface area contributed by atoms with E-state index in [1.165, 1.54) is 0 Å². The van der Waals surface area contributed by atoms with Gasteiger partial charge in [0.1, 0.15) is 0 Å². The number of hydrogen-bond donors (Lipinski definition) is 4. The number of phenols is 1. The van der Waals surface area contributed by atoms with Crippen molar-refractivity contribution in [3.63, 3.8) is 0 Å². The van der Waals surface area contributed by atoms with Gasteiger partial charge in [-0.3, -0.25) is 9.89 Å². The van der Waals surface area contributed by atoms with Crippen LogP contribution in [0.1, 0.15) is 36.6 Å². The number of anilines is 2. The standard InChI is InChI=1S/C23H24N4O3/c1-4-30-18-12-15(10-11-17(18)28)21-19-14(3)26-27-22(19)24-13(2)20(21)23(29)25-16-8-6-5-7-9-16/h5-12,21,28H,4H2,1-3H3,(H,25,29)(H2,24,26,27)/t21-/m1/s1. The average molecular weight is 404 g/mol. The van der Waals surface area contributed by atoms with Crippen molar-refractivity contribution in [2.45, 2.75) is 26.7 Å². The fourth-order valence-electron chi connectivity index (χ4n) is 3.83. The van der Waals surface area contributed by atoms with Crippen LogP contribution < -0.4 is 15.4 Å². The van der Waals surface area contributed by atoms with Crippen LogP contribution in [0, 0.1) is 6.92 Å². The first-order chi connectivity index (χ1) is 14.5. The maximum absolute atomic E-state index is 13.4. The van der Waals surface area contributed by atoms with Crippen molar-refractivity contribution >= 4 is 17.4 Å². The van der Waals surface area contributed by atoms with Crippen molar-refractivity contribution in [3.8, 4) is 11.5 Å². The molecule has 0 saturated carbocycles. The number of H-pyrrole nitrogens is 1. The number of allylic oxidation sites excluding steroid dienone is 1. The summed E-state index contributed by atoms with van der Waals surface area (Å²) < 4.78 is 5.58. The summed E-state index contributed by atoms with van der Waals surface area (Å²) in [6.45, 7) is 6.08. The minimum atomic E-state index is -0.372. The second-order valence-corrected chi connectivity index (χ2v) is 7.19. The second-order valence-electron chi connectivity index (χ2n) is 7.19. The predicted molar refractivity (Wildman–Crippen MR) is 116 cm³/mol. The van der Waals surface area contributed by atoms with E-state index in [0.29, 0.717) is 23.7 Å². The fraction of sp³-hybridized carbons (Fsp3) is 0.217. The quantitative estimate of drug-likeness (QED) is 0.508. The van der Waals surface area contributed by atoms with Crippen LogP contribution in [-0.2, 0) is 4.79 Å². The van der Waals surface area contributed by atoms with Gasteiger partial charge >= 0.3 is 0 Å². The topological polar surface area (TPSA) is 99.3 Å². The summed E-state index contributed by atoms with van der Waals surface area (Å²) in [7, 11) is 0. The van der Waals surface area contributed by atoms with Gasteiger partial charge in [-0.15, -0.1) is 0 Å². The Morgan fingerprint density at radius 2 is 1.97 bits per heavy atom. The first-order valence-corrected chi connectivity index (χ1v) is 9.84. The molecule has 1 atom stereocenters. The van der Waals surface area contributed by atoms with Crippen LogP contribution in [0.4, 0.5) is 11.5 Å². The van der Waals surface area contributed by atoms with Gasteiger partial charge in [0.15, 0.2) is 17.3 Å². The number of nitrogens with zero attached hydrogens (tertiary/aromatic N) is 1. The van der Waals surface area contributed by atoms with Crippen LogP contribution in [-0.4, -0.2) is 27.8 Å². The Bertz CT molecular complexity index is 1120. The van der Waals surface area contributed by atoms with Crippen LogP contribution in [0.25, 0.3) is 0 Å². The molecule has 1 aromatic heterocycles. The van der Waals surface area contributed by atoms with Gasteiger partial charge in [0.05, 0.1) is 6.61 Å². The zero-order valence-electron chi connectivity index (χ0n) is 17.1. The molecule has 1 aliphatic rings. The fourth-order valence-corrected chi connectivity index (χ4v) is 3.83.